The molecule has 0 spiro atoms. The van der Waals surface area contributed by atoms with Gasteiger partial charge in [0.05, 0.1) is 7.11 Å². The van der Waals surface area contributed by atoms with E-state index in [0.29, 0.717) is 0 Å². The second kappa shape index (κ2) is 13.3. The molecule has 0 amide bonds. The van der Waals surface area contributed by atoms with E-state index in [0.717, 1.165) is 55.2 Å². The first-order valence-corrected chi connectivity index (χ1v) is 14.7. The number of thioether (sulfide) groups is 2. The van der Waals surface area contributed by atoms with Crippen LogP contribution < -0.4 is 10.6 Å². The maximum Gasteiger partial charge on any atom is 0.139 e. The Hall–Kier alpha value is -1.83. The van der Waals surface area contributed by atoms with Crippen molar-refractivity contribution in [2.24, 2.45) is 5.73 Å². The van der Waals surface area contributed by atoms with Crippen LogP contribution in [-0.4, -0.2) is 30.9 Å². The Bertz CT molecular complexity index is 1040. The highest BCUT2D eigenvalue weighted by Gasteiger charge is 2.28. The molecule has 0 aromatic heterocycles. The fourth-order valence-corrected chi connectivity index (χ4v) is 7.31. The highest BCUT2D eigenvalue weighted by molar-refractivity contribution is 8.22. The fourth-order valence-electron chi connectivity index (χ4n) is 4.09. The lowest BCUT2D eigenvalue weighted by Crippen LogP contribution is -2.23. The summed E-state index contributed by atoms with van der Waals surface area (Å²) in [6.45, 7) is 1.58. The Morgan fingerprint density at radius 1 is 0.824 bits per heavy atom. The molecule has 1 aliphatic heterocycles. The van der Waals surface area contributed by atoms with Gasteiger partial charge in [0.2, 0.25) is 0 Å². The predicted octanol–water partition coefficient (Wildman–Crippen LogP) is 6.64. The molecule has 6 heteroatoms. The molecule has 178 valence electrons. The van der Waals surface area contributed by atoms with Crippen molar-refractivity contribution in [2.75, 3.05) is 35.8 Å². The second-order valence-corrected chi connectivity index (χ2v) is 11.5. The molecule has 0 radical (unpaired) electrons. The van der Waals surface area contributed by atoms with Gasteiger partial charge in [0.25, 0.3) is 0 Å². The lowest BCUT2D eigenvalue weighted by atomic mass is 9.91. The predicted molar refractivity (Wildman–Crippen MR) is 155 cm³/mol. The molecular formula is C28H33N2OS3+. The van der Waals surface area contributed by atoms with E-state index >= 15 is 0 Å². The summed E-state index contributed by atoms with van der Waals surface area (Å²) in [5, 5.41) is 0. The Labute approximate surface area is 216 Å². The van der Waals surface area contributed by atoms with Crippen molar-refractivity contribution in [1.82, 2.24) is 0 Å². The largest absolute Gasteiger partial charge is 0.336 e. The van der Waals surface area contributed by atoms with Crippen LogP contribution in [0.1, 0.15) is 29.5 Å². The van der Waals surface area contributed by atoms with E-state index in [-0.39, 0.29) is 0 Å². The monoisotopic (exact) mass is 509 g/mol. The van der Waals surface area contributed by atoms with Crippen molar-refractivity contribution >= 4 is 52.5 Å². The quantitative estimate of drug-likeness (QED) is 0.168. The molecule has 0 saturated carbocycles. The summed E-state index contributed by atoms with van der Waals surface area (Å²) in [4.78, 5) is 2.47. The highest BCUT2D eigenvalue weighted by Crippen LogP contribution is 2.50. The number of anilines is 2. The molecule has 0 fully saturated rings. The molecule has 3 aromatic rings. The summed E-state index contributed by atoms with van der Waals surface area (Å²) in [5.41, 5.74) is 13.7. The molecule has 1 aliphatic rings. The van der Waals surface area contributed by atoms with Gasteiger partial charge in [0, 0.05) is 51.0 Å². The summed E-state index contributed by atoms with van der Waals surface area (Å²) in [5.74, 6) is 3.19. The van der Waals surface area contributed by atoms with E-state index < -0.39 is 0 Å². The van der Waals surface area contributed by atoms with E-state index in [1.165, 1.54) is 37.9 Å². The van der Waals surface area contributed by atoms with Crippen LogP contribution in [0, 0.1) is 0 Å². The molecule has 4 rings (SSSR count). The number of rotatable bonds is 12. The molecular weight excluding hydrogens is 477 g/mol. The molecule has 3 nitrogen and oxygen atoms in total. The Morgan fingerprint density at radius 3 is 2.03 bits per heavy atom. The van der Waals surface area contributed by atoms with Gasteiger partial charge in [-0.05, 0) is 36.4 Å². The van der Waals surface area contributed by atoms with Crippen LogP contribution in [0.5, 0.6) is 0 Å². The van der Waals surface area contributed by atoms with Crippen LogP contribution >= 0.6 is 23.5 Å². The summed E-state index contributed by atoms with van der Waals surface area (Å²) in [6.07, 6.45) is 2.16. The van der Waals surface area contributed by atoms with Gasteiger partial charge in [0.15, 0.2) is 0 Å². The molecule has 1 heterocycles. The van der Waals surface area contributed by atoms with Gasteiger partial charge in [-0.3, -0.25) is 0 Å². The van der Waals surface area contributed by atoms with Crippen molar-refractivity contribution in [3.8, 4) is 0 Å². The minimum Gasteiger partial charge on any atom is -0.336 e. The lowest BCUT2D eigenvalue weighted by molar-refractivity contribution is 0.485. The molecule has 3 aromatic carbocycles. The lowest BCUT2D eigenvalue weighted by Gasteiger charge is -2.35. The zero-order valence-electron chi connectivity index (χ0n) is 19.7. The molecule has 0 unspecified atom stereocenters. The summed E-state index contributed by atoms with van der Waals surface area (Å²) in [7, 11) is 1.77. The van der Waals surface area contributed by atoms with Gasteiger partial charge in [0.1, 0.15) is 17.8 Å². The van der Waals surface area contributed by atoms with Gasteiger partial charge in [-0.1, -0.05) is 66.7 Å². The number of hydrogen-bond donors (Lipinski definition) is 1. The van der Waals surface area contributed by atoms with Gasteiger partial charge in [-0.25, -0.2) is 0 Å². The zero-order valence-corrected chi connectivity index (χ0v) is 22.2. The van der Waals surface area contributed by atoms with E-state index in [2.05, 4.69) is 83.8 Å². The second-order valence-electron chi connectivity index (χ2n) is 8.00. The van der Waals surface area contributed by atoms with Gasteiger partial charge in [-0.15, -0.1) is 23.5 Å². The SMILES string of the molecule is CO[SH+]CCCSC(SCCCN)=C1c2ccccc2N(Cc2ccccc2)c2ccccc21. The minimum absolute atomic E-state index is 0.727. The third-order valence-corrected chi connectivity index (χ3v) is 9.04. The number of para-hydroxylation sites is 2. The average molecular weight is 510 g/mol. The van der Waals surface area contributed by atoms with Crippen molar-refractivity contribution in [1.29, 1.82) is 0 Å². The number of thiol groups is 1. The van der Waals surface area contributed by atoms with Crippen LogP contribution in [0.25, 0.3) is 5.57 Å². The van der Waals surface area contributed by atoms with E-state index in [1.54, 1.807) is 7.11 Å². The van der Waals surface area contributed by atoms with E-state index in [1.807, 2.05) is 23.5 Å². The van der Waals surface area contributed by atoms with Crippen molar-refractivity contribution in [3.63, 3.8) is 0 Å². The van der Waals surface area contributed by atoms with Crippen LogP contribution in [0.3, 0.4) is 0 Å². The Balaban J connectivity index is 1.76. The third-order valence-electron chi connectivity index (χ3n) is 5.65. The Morgan fingerprint density at radius 2 is 1.41 bits per heavy atom. The molecule has 0 saturated heterocycles. The van der Waals surface area contributed by atoms with E-state index in [9.17, 15) is 0 Å². The molecule has 0 bridgehead atoms. The van der Waals surface area contributed by atoms with Gasteiger partial charge in [-0.2, -0.15) is 4.18 Å². The van der Waals surface area contributed by atoms with Crippen molar-refractivity contribution in [2.45, 2.75) is 19.4 Å². The van der Waals surface area contributed by atoms with Crippen LogP contribution in [-0.2, 0) is 22.8 Å². The molecule has 0 atom stereocenters. The average Bonchev–Trinajstić information content (AvgIpc) is 2.88. The van der Waals surface area contributed by atoms with Crippen LogP contribution in [0.15, 0.2) is 83.1 Å². The Kier molecular flexibility index (Phi) is 9.89. The standard InChI is InChI=1S/C28H32N2OS3/c1-31-34-20-10-19-33-28(32-18-9-17-29)27-23-13-5-7-15-25(23)30(21-22-11-3-2-4-12-22)26-16-8-6-14-24(26)27/h2-8,11-16H,9-10,17-21,29H2,1H3/p+1. The number of hydrogen-bond acceptors (Lipinski definition) is 5. The van der Waals surface area contributed by atoms with Crippen molar-refractivity contribution < 1.29 is 4.18 Å². The van der Waals surface area contributed by atoms with Gasteiger partial charge < -0.3 is 10.6 Å². The molecule has 2 N–H and O–H groups in total. The normalized spacial score (nSPS) is 12.4. The highest BCUT2D eigenvalue weighted by atomic mass is 32.2. The number of nitrogens with zero attached hydrogens (tertiary/aromatic N) is 1. The first-order valence-electron chi connectivity index (χ1n) is 11.7. The summed E-state index contributed by atoms with van der Waals surface area (Å²) < 4.78 is 6.63. The molecule has 34 heavy (non-hydrogen) atoms. The minimum atomic E-state index is 0.727. The first-order chi connectivity index (χ1) is 16.8. The van der Waals surface area contributed by atoms with E-state index in [4.69, 9.17) is 9.92 Å². The third kappa shape index (κ3) is 6.23. The smallest absolute Gasteiger partial charge is 0.139 e. The number of benzene rings is 3. The topological polar surface area (TPSA) is 38.5 Å². The maximum absolute atomic E-state index is 5.84. The number of fused-ring (bicyclic) bond motifs is 2. The summed E-state index contributed by atoms with van der Waals surface area (Å²) in [6, 6.07) is 28.5. The van der Waals surface area contributed by atoms with Crippen LogP contribution in [0.4, 0.5) is 11.4 Å². The molecule has 0 aliphatic carbocycles. The van der Waals surface area contributed by atoms with Gasteiger partial charge >= 0.3 is 0 Å². The zero-order chi connectivity index (χ0) is 23.6. The van der Waals surface area contributed by atoms with Crippen molar-refractivity contribution in [3.05, 3.63) is 99.8 Å². The maximum atomic E-state index is 5.84. The number of nitrogens with two attached hydrogens (primary N) is 1. The fraction of sp³-hybridized carbons (Fsp3) is 0.286. The van der Waals surface area contributed by atoms with Crippen LogP contribution in [0.2, 0.25) is 0 Å². The first kappa shape index (κ1) is 25.3. The summed E-state index contributed by atoms with van der Waals surface area (Å²) >= 11 is 5.01.